The first-order valence-electron chi connectivity index (χ1n) is 11.6. The molecule has 0 saturated heterocycles. The smallest absolute Gasteiger partial charge is 0.171 e. The van der Waals surface area contributed by atoms with Crippen LogP contribution in [0.25, 0.3) is 0 Å². The van der Waals surface area contributed by atoms with Gasteiger partial charge in [0, 0.05) is 0 Å². The second-order valence-electron chi connectivity index (χ2n) is 9.75. The Hall–Kier alpha value is -0.643. The highest BCUT2D eigenvalue weighted by Crippen LogP contribution is 2.25. The van der Waals surface area contributed by atoms with E-state index in [0.717, 1.165) is 0 Å². The number of ether oxygens (including phenoxy) is 1. The van der Waals surface area contributed by atoms with E-state index in [2.05, 4.69) is 72.0 Å². The zero-order valence-electron chi connectivity index (χ0n) is 19.7. The summed E-state index contributed by atoms with van der Waals surface area (Å²) in [6.07, 6.45) is 9.73. The number of hydrogen-bond donors (Lipinski definition) is 0. The summed E-state index contributed by atoms with van der Waals surface area (Å²) < 4.78 is 12.2. The van der Waals surface area contributed by atoms with Crippen molar-refractivity contribution in [3.05, 3.63) is 35.4 Å². The lowest BCUT2D eigenvalue weighted by Gasteiger charge is -2.32. The fourth-order valence-corrected chi connectivity index (χ4v) is 4.59. The lowest BCUT2D eigenvalue weighted by atomic mass is 9.90. The van der Waals surface area contributed by atoms with Crippen LogP contribution in [-0.2, 0) is 15.8 Å². The van der Waals surface area contributed by atoms with Gasteiger partial charge in [-0.1, -0.05) is 97.4 Å². The highest BCUT2D eigenvalue weighted by atomic mass is 28.3. The summed E-state index contributed by atoms with van der Waals surface area (Å²) >= 11 is 0. The van der Waals surface area contributed by atoms with E-state index in [1.54, 1.807) is 0 Å². The van der Waals surface area contributed by atoms with Crippen LogP contribution in [0.15, 0.2) is 24.3 Å². The molecule has 0 amide bonds. The highest BCUT2D eigenvalue weighted by molar-refractivity contribution is 6.48. The van der Waals surface area contributed by atoms with E-state index in [9.17, 15) is 0 Å². The van der Waals surface area contributed by atoms with Gasteiger partial charge in [0.25, 0.3) is 0 Å². The van der Waals surface area contributed by atoms with Crippen molar-refractivity contribution >= 4 is 9.04 Å². The van der Waals surface area contributed by atoms with Gasteiger partial charge in [-0.25, -0.2) is 0 Å². The molecule has 1 aromatic rings. The Balaban J connectivity index is 2.37. The van der Waals surface area contributed by atoms with Crippen LogP contribution in [0.1, 0.15) is 96.6 Å². The summed E-state index contributed by atoms with van der Waals surface area (Å²) in [5.41, 5.74) is 2.83. The summed E-state index contributed by atoms with van der Waals surface area (Å²) in [5, 5.41) is 0. The summed E-state index contributed by atoms with van der Waals surface area (Å²) in [7, 11) is -1.06. The lowest BCUT2D eigenvalue weighted by Crippen LogP contribution is -2.37. The van der Waals surface area contributed by atoms with Crippen molar-refractivity contribution < 1.29 is 9.16 Å². The molecule has 0 aromatic heterocycles. The lowest BCUT2D eigenvalue weighted by molar-refractivity contribution is -0.0119. The molecule has 2 unspecified atom stereocenters. The van der Waals surface area contributed by atoms with E-state index in [4.69, 9.17) is 9.16 Å². The summed E-state index contributed by atoms with van der Waals surface area (Å²) in [6.45, 7) is 17.1. The van der Waals surface area contributed by atoms with Gasteiger partial charge in [-0.05, 0) is 42.0 Å². The first kappa shape index (κ1) is 25.4. The number of benzene rings is 1. The maximum atomic E-state index is 6.19. The average Bonchev–Trinajstić information content (AvgIpc) is 2.63. The fourth-order valence-electron chi connectivity index (χ4n) is 3.45. The molecule has 2 nitrogen and oxygen atoms in total. The van der Waals surface area contributed by atoms with Gasteiger partial charge in [-0.3, -0.25) is 0 Å². The van der Waals surface area contributed by atoms with Crippen LogP contribution in [-0.4, -0.2) is 21.8 Å². The van der Waals surface area contributed by atoms with Crippen molar-refractivity contribution in [1.82, 2.24) is 0 Å². The van der Waals surface area contributed by atoms with Crippen molar-refractivity contribution in [1.29, 1.82) is 0 Å². The van der Waals surface area contributed by atoms with Crippen molar-refractivity contribution in [2.24, 2.45) is 5.41 Å². The Labute approximate surface area is 177 Å². The molecule has 0 heterocycles. The fraction of sp³-hybridized carbons (Fsp3) is 0.760. The minimum absolute atomic E-state index is 0.118. The van der Waals surface area contributed by atoms with E-state index in [0.29, 0.717) is 19.1 Å². The normalized spacial score (nSPS) is 14.4. The summed E-state index contributed by atoms with van der Waals surface area (Å²) in [5.74, 6) is 0.649. The molecule has 0 N–H and O–H groups in total. The Morgan fingerprint density at radius 3 is 2.11 bits per heavy atom. The van der Waals surface area contributed by atoms with E-state index in [1.807, 2.05) is 0 Å². The molecule has 2 atom stereocenters. The molecule has 0 bridgehead atoms. The Kier molecular flexibility index (Phi) is 12.3. The summed E-state index contributed by atoms with van der Waals surface area (Å²) in [6, 6.07) is 9.05. The SMILES string of the molecule is CCCCCCCCC(C)c1ccc(COCC(O[SiH](C)C)C(C)(C)C)cc1. The van der Waals surface area contributed by atoms with Gasteiger partial charge in [0.2, 0.25) is 0 Å². The zero-order chi connectivity index (χ0) is 21.0. The minimum atomic E-state index is -1.06. The molecule has 0 fully saturated rings. The standard InChI is InChI=1S/C25H46O2Si/c1-8-9-10-11-12-13-14-21(2)23-17-15-22(16-18-23)19-26-20-24(25(3,4)5)27-28(6)7/h15-18,21,24,28H,8-14,19-20H2,1-7H3. The van der Waals surface area contributed by atoms with Crippen LogP contribution in [0.5, 0.6) is 0 Å². The third-order valence-corrected chi connectivity index (χ3v) is 6.35. The molecule has 1 rings (SSSR count). The monoisotopic (exact) mass is 406 g/mol. The third kappa shape index (κ3) is 10.8. The van der Waals surface area contributed by atoms with Gasteiger partial charge in [0.1, 0.15) is 0 Å². The predicted molar refractivity (Wildman–Crippen MR) is 126 cm³/mol. The van der Waals surface area contributed by atoms with Crippen LogP contribution in [0.2, 0.25) is 13.1 Å². The minimum Gasteiger partial charge on any atom is -0.415 e. The van der Waals surface area contributed by atoms with Crippen molar-refractivity contribution in [2.45, 2.75) is 111 Å². The van der Waals surface area contributed by atoms with Gasteiger partial charge in [-0.15, -0.1) is 0 Å². The van der Waals surface area contributed by atoms with Crippen LogP contribution >= 0.6 is 0 Å². The van der Waals surface area contributed by atoms with E-state index >= 15 is 0 Å². The van der Waals surface area contributed by atoms with E-state index in [1.165, 1.54) is 56.1 Å². The Morgan fingerprint density at radius 1 is 0.929 bits per heavy atom. The van der Waals surface area contributed by atoms with Crippen molar-refractivity contribution in [3.8, 4) is 0 Å². The van der Waals surface area contributed by atoms with Gasteiger partial charge >= 0.3 is 0 Å². The van der Waals surface area contributed by atoms with E-state index < -0.39 is 9.04 Å². The maximum Gasteiger partial charge on any atom is 0.171 e. The van der Waals surface area contributed by atoms with Gasteiger partial charge < -0.3 is 9.16 Å². The molecular weight excluding hydrogens is 360 g/mol. The molecular formula is C25H46O2Si. The quantitative estimate of drug-likeness (QED) is 0.235. The number of hydrogen-bond acceptors (Lipinski definition) is 2. The number of rotatable bonds is 14. The number of unbranched alkanes of at least 4 members (excludes halogenated alkanes) is 5. The van der Waals surface area contributed by atoms with Gasteiger partial charge in [0.05, 0.1) is 19.3 Å². The second-order valence-corrected chi connectivity index (χ2v) is 12.1. The molecule has 0 saturated carbocycles. The average molecular weight is 407 g/mol. The van der Waals surface area contributed by atoms with Crippen LogP contribution in [0.4, 0.5) is 0 Å². The molecule has 0 aliphatic rings. The molecule has 0 aliphatic heterocycles. The van der Waals surface area contributed by atoms with Crippen LogP contribution < -0.4 is 0 Å². The van der Waals surface area contributed by atoms with Gasteiger partial charge in [-0.2, -0.15) is 0 Å². The predicted octanol–water partition coefficient (Wildman–Crippen LogP) is 7.47. The third-order valence-electron chi connectivity index (χ3n) is 5.48. The Morgan fingerprint density at radius 2 is 1.54 bits per heavy atom. The van der Waals surface area contributed by atoms with Crippen LogP contribution in [0.3, 0.4) is 0 Å². The van der Waals surface area contributed by atoms with Crippen LogP contribution in [0, 0.1) is 5.41 Å². The molecule has 162 valence electrons. The van der Waals surface area contributed by atoms with E-state index in [-0.39, 0.29) is 11.5 Å². The molecule has 0 aliphatic carbocycles. The Bertz CT molecular complexity index is 504. The molecule has 0 spiro atoms. The zero-order valence-corrected chi connectivity index (χ0v) is 20.9. The maximum absolute atomic E-state index is 6.19. The van der Waals surface area contributed by atoms with Crippen molar-refractivity contribution in [3.63, 3.8) is 0 Å². The molecule has 28 heavy (non-hydrogen) atoms. The molecule has 0 radical (unpaired) electrons. The first-order chi connectivity index (χ1) is 13.2. The summed E-state index contributed by atoms with van der Waals surface area (Å²) in [4.78, 5) is 0. The first-order valence-corrected chi connectivity index (χ1v) is 14.3. The largest absolute Gasteiger partial charge is 0.415 e. The highest BCUT2D eigenvalue weighted by Gasteiger charge is 2.26. The molecule has 3 heteroatoms. The van der Waals surface area contributed by atoms with Crippen molar-refractivity contribution in [2.75, 3.05) is 6.61 Å². The topological polar surface area (TPSA) is 18.5 Å². The van der Waals surface area contributed by atoms with Gasteiger partial charge in [0.15, 0.2) is 9.04 Å². The second kappa shape index (κ2) is 13.6. The molecule has 1 aromatic carbocycles.